The molecule has 1 atom stereocenters. The van der Waals surface area contributed by atoms with E-state index in [9.17, 15) is 8.76 Å². The van der Waals surface area contributed by atoms with E-state index in [1.165, 1.54) is 11.6 Å². The van der Waals surface area contributed by atoms with Gasteiger partial charge in [0.2, 0.25) is 0 Å². The molecule has 0 radical (unpaired) electrons. The van der Waals surface area contributed by atoms with Crippen LogP contribution in [0.1, 0.15) is 5.56 Å². The molecule has 0 saturated heterocycles. The molecule has 0 aliphatic rings. The third-order valence-corrected chi connectivity index (χ3v) is 2.86. The molecule has 0 aromatic heterocycles. The van der Waals surface area contributed by atoms with Gasteiger partial charge in [0.25, 0.3) is 0 Å². The second-order valence-electron chi connectivity index (χ2n) is 3.55. The fourth-order valence-corrected chi connectivity index (χ4v) is 2.27. The van der Waals surface area contributed by atoms with Gasteiger partial charge in [0.05, 0.1) is 9.80 Å². The zero-order valence-electron chi connectivity index (χ0n) is 8.38. The Morgan fingerprint density at radius 2 is 1.80 bits per heavy atom. The van der Waals surface area contributed by atoms with Gasteiger partial charge < -0.3 is 4.55 Å². The van der Waals surface area contributed by atoms with Crippen molar-refractivity contribution in [1.82, 2.24) is 0 Å². The molecule has 0 fully saturated rings. The monoisotopic (exact) mass is 220 g/mol. The third-order valence-electron chi connectivity index (χ3n) is 2.17. The van der Waals surface area contributed by atoms with Gasteiger partial charge in [-0.05, 0) is 16.3 Å². The third kappa shape index (κ3) is 2.37. The van der Waals surface area contributed by atoms with Crippen molar-refractivity contribution in [3.8, 4) is 0 Å². The first kappa shape index (κ1) is 10.2. The summed E-state index contributed by atoms with van der Waals surface area (Å²) in [5.41, 5.74) is 0.808. The molecule has 2 rings (SSSR count). The Kier molecular flexibility index (Phi) is 2.50. The summed E-state index contributed by atoms with van der Waals surface area (Å²) in [6.45, 7) is 0. The molecular formula is C12H12O2S. The summed E-state index contributed by atoms with van der Waals surface area (Å²) in [6, 6.07) is 13.5. The fourth-order valence-electron chi connectivity index (χ4n) is 1.59. The Hall–Kier alpha value is -1.32. The normalized spacial score (nSPS) is 14.8. The highest BCUT2D eigenvalue weighted by Crippen LogP contribution is 2.16. The molecule has 78 valence electrons. The van der Waals surface area contributed by atoms with Crippen molar-refractivity contribution in [3.63, 3.8) is 0 Å². The van der Waals surface area contributed by atoms with Gasteiger partial charge in [-0.3, -0.25) is 0 Å². The lowest BCUT2D eigenvalue weighted by atomic mass is 10.1. The van der Waals surface area contributed by atoms with Crippen LogP contribution in [0.25, 0.3) is 10.8 Å². The first-order valence-electron chi connectivity index (χ1n) is 4.60. The lowest BCUT2D eigenvalue weighted by Gasteiger charge is -2.02. The first-order valence-corrected chi connectivity index (χ1v) is 6.59. The molecule has 0 aliphatic carbocycles. The van der Waals surface area contributed by atoms with Crippen LogP contribution in [0.5, 0.6) is 0 Å². The number of hydrogen-bond acceptors (Lipinski definition) is 1. The van der Waals surface area contributed by atoms with E-state index in [0.29, 0.717) is 0 Å². The van der Waals surface area contributed by atoms with Crippen LogP contribution >= 0.6 is 0 Å². The minimum absolute atomic E-state index is 0.808. The first-order chi connectivity index (χ1) is 7.06. The predicted molar refractivity (Wildman–Crippen MR) is 65.8 cm³/mol. The molecule has 2 aromatic carbocycles. The van der Waals surface area contributed by atoms with Gasteiger partial charge in [-0.1, -0.05) is 42.5 Å². The van der Waals surface area contributed by atoms with Gasteiger partial charge in [-0.15, -0.1) is 0 Å². The SMILES string of the molecule is CS(=O)(O)=Cc1cccc2ccccc12. The van der Waals surface area contributed by atoms with E-state index in [4.69, 9.17) is 0 Å². The molecule has 0 saturated carbocycles. The second kappa shape index (κ2) is 3.68. The molecule has 15 heavy (non-hydrogen) atoms. The minimum atomic E-state index is -2.84. The van der Waals surface area contributed by atoms with E-state index in [2.05, 4.69) is 0 Å². The number of rotatable bonds is 1. The summed E-state index contributed by atoms with van der Waals surface area (Å²) in [5, 5.41) is 3.49. The maximum Gasteiger partial charge on any atom is 0.0791 e. The van der Waals surface area contributed by atoms with E-state index in [1.54, 1.807) is 0 Å². The van der Waals surface area contributed by atoms with E-state index in [1.807, 2.05) is 42.5 Å². The molecule has 2 nitrogen and oxygen atoms in total. The zero-order valence-corrected chi connectivity index (χ0v) is 9.20. The van der Waals surface area contributed by atoms with Crippen LogP contribution in [0, 0.1) is 0 Å². The highest BCUT2D eigenvalue weighted by atomic mass is 32.2. The Morgan fingerprint density at radius 3 is 2.53 bits per heavy atom. The summed E-state index contributed by atoms with van der Waals surface area (Å²) in [7, 11) is -2.84. The largest absolute Gasteiger partial charge is 0.314 e. The smallest absolute Gasteiger partial charge is 0.0791 e. The Labute approximate surface area is 89.4 Å². The second-order valence-corrected chi connectivity index (χ2v) is 5.51. The minimum Gasteiger partial charge on any atom is -0.314 e. The van der Waals surface area contributed by atoms with Crippen LogP contribution in [0.4, 0.5) is 0 Å². The highest BCUT2D eigenvalue weighted by Gasteiger charge is 1.99. The number of hydrogen-bond donors (Lipinski definition) is 1. The van der Waals surface area contributed by atoms with Crippen molar-refractivity contribution >= 4 is 25.9 Å². The maximum absolute atomic E-state index is 11.3. The van der Waals surface area contributed by atoms with Crippen LogP contribution in [-0.2, 0) is 9.80 Å². The number of benzene rings is 2. The van der Waals surface area contributed by atoms with Crippen LogP contribution in [0.3, 0.4) is 0 Å². The molecular weight excluding hydrogens is 208 g/mol. The Morgan fingerprint density at radius 1 is 1.13 bits per heavy atom. The van der Waals surface area contributed by atoms with Crippen LogP contribution in [0.2, 0.25) is 0 Å². The van der Waals surface area contributed by atoms with Crippen LogP contribution < -0.4 is 0 Å². The average Bonchev–Trinajstić information content (AvgIpc) is 2.16. The van der Waals surface area contributed by atoms with Crippen molar-refractivity contribution in [2.24, 2.45) is 0 Å². The van der Waals surface area contributed by atoms with Crippen molar-refractivity contribution < 1.29 is 8.76 Å². The topological polar surface area (TPSA) is 37.3 Å². The zero-order chi connectivity index (χ0) is 10.9. The highest BCUT2D eigenvalue weighted by molar-refractivity contribution is 7.95. The summed E-state index contributed by atoms with van der Waals surface area (Å²) in [4.78, 5) is 0. The van der Waals surface area contributed by atoms with Gasteiger partial charge in [-0.2, -0.15) is 0 Å². The lowest BCUT2D eigenvalue weighted by Crippen LogP contribution is -1.99. The van der Waals surface area contributed by atoms with E-state index < -0.39 is 9.80 Å². The summed E-state index contributed by atoms with van der Waals surface area (Å²) < 4.78 is 20.6. The number of fused-ring (bicyclic) bond motifs is 1. The molecule has 2 aromatic rings. The molecule has 3 heteroatoms. The van der Waals surface area contributed by atoms with E-state index in [-0.39, 0.29) is 0 Å². The molecule has 0 amide bonds. The molecule has 0 aliphatic heterocycles. The van der Waals surface area contributed by atoms with Crippen molar-refractivity contribution in [2.45, 2.75) is 0 Å². The van der Waals surface area contributed by atoms with Crippen molar-refractivity contribution in [2.75, 3.05) is 6.26 Å². The summed E-state index contributed by atoms with van der Waals surface area (Å²) in [6.07, 6.45) is 1.31. The fraction of sp³-hybridized carbons (Fsp3) is 0.0833. The molecule has 1 N–H and O–H groups in total. The van der Waals surface area contributed by atoms with Crippen LogP contribution in [-0.4, -0.2) is 20.4 Å². The molecule has 0 heterocycles. The molecule has 0 spiro atoms. The Balaban J connectivity index is 2.78. The Bertz CT molecular complexity index is 595. The van der Waals surface area contributed by atoms with Gasteiger partial charge in [0.15, 0.2) is 0 Å². The molecule has 1 unspecified atom stereocenters. The van der Waals surface area contributed by atoms with E-state index >= 15 is 0 Å². The quantitative estimate of drug-likeness (QED) is 0.749. The average molecular weight is 220 g/mol. The van der Waals surface area contributed by atoms with E-state index in [0.717, 1.165) is 16.3 Å². The lowest BCUT2D eigenvalue weighted by molar-refractivity contribution is 0.566. The summed E-state index contributed by atoms with van der Waals surface area (Å²) >= 11 is 0. The van der Waals surface area contributed by atoms with Crippen molar-refractivity contribution in [3.05, 3.63) is 48.0 Å². The van der Waals surface area contributed by atoms with Crippen LogP contribution in [0.15, 0.2) is 42.5 Å². The van der Waals surface area contributed by atoms with Gasteiger partial charge >= 0.3 is 0 Å². The predicted octanol–water partition coefficient (Wildman–Crippen LogP) is 2.38. The van der Waals surface area contributed by atoms with Gasteiger partial charge in [0.1, 0.15) is 0 Å². The van der Waals surface area contributed by atoms with Gasteiger partial charge in [0, 0.05) is 11.6 Å². The summed E-state index contributed by atoms with van der Waals surface area (Å²) in [5.74, 6) is 0. The van der Waals surface area contributed by atoms with Gasteiger partial charge in [-0.25, -0.2) is 4.21 Å². The standard InChI is InChI=1S/C12H12O2S/c1-15(13,14)9-11-7-4-6-10-5-2-3-8-12(10)11/h2-9H,1H3,(H,13,14). The van der Waals surface area contributed by atoms with Crippen molar-refractivity contribution in [1.29, 1.82) is 0 Å². The molecule has 0 bridgehead atoms. The maximum atomic E-state index is 11.3.